The molecule has 3 nitrogen and oxygen atoms in total. The Morgan fingerprint density at radius 1 is 1.67 bits per heavy atom. The number of aryl methyl sites for hydroxylation is 1. The van der Waals surface area contributed by atoms with Crippen LogP contribution in [0.5, 0.6) is 0 Å². The molecule has 1 fully saturated rings. The monoisotopic (exact) mass is 221 g/mol. The fraction of sp³-hybridized carbons (Fsp3) is 0.636. The molecule has 0 radical (unpaired) electrons. The first-order valence-corrected chi connectivity index (χ1v) is 6.04. The SMILES string of the molecule is Cc1nc(C2CCN(C)C2)sc1CC#N. The first kappa shape index (κ1) is 10.6. The Morgan fingerprint density at radius 2 is 2.47 bits per heavy atom. The first-order valence-electron chi connectivity index (χ1n) is 5.22. The van der Waals surface area contributed by atoms with Crippen LogP contribution in [0.3, 0.4) is 0 Å². The molecule has 80 valence electrons. The number of thiazole rings is 1. The van der Waals surface area contributed by atoms with Gasteiger partial charge in [-0.15, -0.1) is 11.3 Å². The molecule has 2 rings (SSSR count). The lowest BCUT2D eigenvalue weighted by Crippen LogP contribution is -2.13. The molecule has 0 amide bonds. The maximum absolute atomic E-state index is 8.68. The zero-order valence-corrected chi connectivity index (χ0v) is 9.97. The molecule has 1 saturated heterocycles. The molecule has 0 N–H and O–H groups in total. The average molecular weight is 221 g/mol. The second-order valence-electron chi connectivity index (χ2n) is 4.14. The number of rotatable bonds is 2. The Labute approximate surface area is 94.4 Å². The van der Waals surface area contributed by atoms with E-state index in [2.05, 4.69) is 23.0 Å². The number of hydrogen-bond donors (Lipinski definition) is 0. The third kappa shape index (κ3) is 2.19. The molecule has 0 saturated carbocycles. The number of likely N-dealkylation sites (N-methyl/N-ethyl adjacent to an activating group) is 1. The molecular weight excluding hydrogens is 206 g/mol. The van der Waals surface area contributed by atoms with Crippen LogP contribution >= 0.6 is 11.3 Å². The molecule has 0 spiro atoms. The third-order valence-electron chi connectivity index (χ3n) is 2.89. The van der Waals surface area contributed by atoms with Crippen molar-refractivity contribution in [3.05, 3.63) is 15.6 Å². The summed E-state index contributed by atoms with van der Waals surface area (Å²) in [6.45, 7) is 4.28. The van der Waals surface area contributed by atoms with Gasteiger partial charge in [-0.2, -0.15) is 5.26 Å². The Hall–Kier alpha value is -0.920. The molecule has 0 aliphatic carbocycles. The van der Waals surface area contributed by atoms with Gasteiger partial charge in [0.15, 0.2) is 0 Å². The van der Waals surface area contributed by atoms with Gasteiger partial charge in [0, 0.05) is 17.3 Å². The number of nitriles is 1. The van der Waals surface area contributed by atoms with Crippen LogP contribution in [0, 0.1) is 18.3 Å². The normalized spacial score (nSPS) is 21.8. The van der Waals surface area contributed by atoms with Crippen LogP contribution in [0.4, 0.5) is 0 Å². The van der Waals surface area contributed by atoms with Gasteiger partial charge in [0.2, 0.25) is 0 Å². The predicted octanol–water partition coefficient (Wildman–Crippen LogP) is 1.94. The maximum atomic E-state index is 8.68. The van der Waals surface area contributed by atoms with Crippen LogP contribution in [0.1, 0.15) is 27.9 Å². The number of hydrogen-bond acceptors (Lipinski definition) is 4. The van der Waals surface area contributed by atoms with Crippen LogP contribution in [0.2, 0.25) is 0 Å². The second-order valence-corrected chi connectivity index (χ2v) is 5.26. The number of aromatic nitrogens is 1. The molecule has 4 heteroatoms. The Kier molecular flexibility index (Phi) is 3.03. The minimum Gasteiger partial charge on any atom is -0.306 e. The van der Waals surface area contributed by atoms with E-state index >= 15 is 0 Å². The van der Waals surface area contributed by atoms with E-state index in [1.807, 2.05) is 6.92 Å². The highest BCUT2D eigenvalue weighted by atomic mass is 32.1. The molecule has 1 aromatic heterocycles. The molecule has 0 aromatic carbocycles. The van der Waals surface area contributed by atoms with E-state index in [0.29, 0.717) is 12.3 Å². The van der Waals surface area contributed by atoms with Gasteiger partial charge < -0.3 is 4.90 Å². The summed E-state index contributed by atoms with van der Waals surface area (Å²) < 4.78 is 0. The largest absolute Gasteiger partial charge is 0.306 e. The van der Waals surface area contributed by atoms with Crippen molar-refractivity contribution < 1.29 is 0 Å². The first-order chi connectivity index (χ1) is 7.20. The summed E-state index contributed by atoms with van der Waals surface area (Å²) in [5.41, 5.74) is 1.05. The summed E-state index contributed by atoms with van der Waals surface area (Å²) in [7, 11) is 2.15. The number of nitrogens with zero attached hydrogens (tertiary/aromatic N) is 3. The smallest absolute Gasteiger partial charge is 0.0975 e. The van der Waals surface area contributed by atoms with Gasteiger partial charge in [-0.1, -0.05) is 0 Å². The minimum atomic E-state index is 0.506. The van der Waals surface area contributed by atoms with Gasteiger partial charge in [-0.05, 0) is 26.9 Å². The van der Waals surface area contributed by atoms with Crippen LogP contribution in [0.15, 0.2) is 0 Å². The highest BCUT2D eigenvalue weighted by Gasteiger charge is 2.24. The topological polar surface area (TPSA) is 39.9 Å². The number of likely N-dealkylation sites (tertiary alicyclic amines) is 1. The van der Waals surface area contributed by atoms with Crippen LogP contribution in [-0.4, -0.2) is 30.0 Å². The van der Waals surface area contributed by atoms with Crippen molar-refractivity contribution in [1.82, 2.24) is 9.88 Å². The summed E-state index contributed by atoms with van der Waals surface area (Å²) in [5.74, 6) is 0.589. The minimum absolute atomic E-state index is 0.506. The van der Waals surface area contributed by atoms with E-state index < -0.39 is 0 Å². The highest BCUT2D eigenvalue weighted by molar-refractivity contribution is 7.11. The highest BCUT2D eigenvalue weighted by Crippen LogP contribution is 2.31. The Bertz CT molecular complexity index is 391. The molecule has 1 atom stereocenters. The standard InChI is InChI=1S/C11H15N3S/c1-8-10(3-5-12)15-11(13-8)9-4-6-14(2)7-9/h9H,3-4,6-7H2,1-2H3. The molecule has 1 unspecified atom stereocenters. The zero-order valence-electron chi connectivity index (χ0n) is 9.16. The summed E-state index contributed by atoms with van der Waals surface area (Å²) in [5, 5.41) is 9.91. The quantitative estimate of drug-likeness (QED) is 0.766. The van der Waals surface area contributed by atoms with E-state index in [1.165, 1.54) is 11.4 Å². The summed E-state index contributed by atoms with van der Waals surface area (Å²) in [4.78, 5) is 8.07. The van der Waals surface area contributed by atoms with E-state index in [0.717, 1.165) is 23.7 Å². The Balaban J connectivity index is 2.16. The van der Waals surface area contributed by atoms with Crippen LogP contribution < -0.4 is 0 Å². The molecule has 1 aromatic rings. The van der Waals surface area contributed by atoms with E-state index in [-0.39, 0.29) is 0 Å². The van der Waals surface area contributed by atoms with E-state index in [9.17, 15) is 0 Å². The van der Waals surface area contributed by atoms with Crippen molar-refractivity contribution in [2.75, 3.05) is 20.1 Å². The van der Waals surface area contributed by atoms with Crippen molar-refractivity contribution in [2.45, 2.75) is 25.7 Å². The average Bonchev–Trinajstić information content (AvgIpc) is 2.75. The lowest BCUT2D eigenvalue weighted by molar-refractivity contribution is 0.411. The van der Waals surface area contributed by atoms with Crippen molar-refractivity contribution in [1.29, 1.82) is 5.26 Å². The van der Waals surface area contributed by atoms with Gasteiger partial charge in [0.05, 0.1) is 23.2 Å². The van der Waals surface area contributed by atoms with Crippen molar-refractivity contribution >= 4 is 11.3 Å². The van der Waals surface area contributed by atoms with Gasteiger partial charge in [0.1, 0.15) is 0 Å². The lowest BCUT2D eigenvalue weighted by atomic mass is 10.1. The van der Waals surface area contributed by atoms with E-state index in [1.54, 1.807) is 11.3 Å². The van der Waals surface area contributed by atoms with Crippen molar-refractivity contribution in [2.24, 2.45) is 0 Å². The summed E-state index contributed by atoms with van der Waals surface area (Å²) in [6, 6.07) is 2.20. The third-order valence-corrected chi connectivity index (χ3v) is 4.21. The van der Waals surface area contributed by atoms with Gasteiger partial charge >= 0.3 is 0 Å². The van der Waals surface area contributed by atoms with Crippen LogP contribution in [0.25, 0.3) is 0 Å². The molecule has 1 aliphatic heterocycles. The Morgan fingerprint density at radius 3 is 3.07 bits per heavy atom. The molecule has 0 bridgehead atoms. The van der Waals surface area contributed by atoms with Crippen molar-refractivity contribution in [3.63, 3.8) is 0 Å². The van der Waals surface area contributed by atoms with Crippen molar-refractivity contribution in [3.8, 4) is 6.07 Å². The van der Waals surface area contributed by atoms with Gasteiger partial charge in [-0.3, -0.25) is 0 Å². The summed E-state index contributed by atoms with van der Waals surface area (Å²) in [6.07, 6.45) is 1.71. The van der Waals surface area contributed by atoms with Gasteiger partial charge in [-0.25, -0.2) is 4.98 Å². The predicted molar refractivity (Wildman–Crippen MR) is 61.0 cm³/mol. The maximum Gasteiger partial charge on any atom is 0.0975 e. The fourth-order valence-electron chi connectivity index (χ4n) is 2.00. The zero-order chi connectivity index (χ0) is 10.8. The molecule has 15 heavy (non-hydrogen) atoms. The fourth-order valence-corrected chi connectivity index (χ4v) is 3.12. The second kappa shape index (κ2) is 4.30. The lowest BCUT2D eigenvalue weighted by Gasteiger charge is -2.06. The molecule has 1 aliphatic rings. The van der Waals surface area contributed by atoms with Crippen LogP contribution in [-0.2, 0) is 6.42 Å². The molecule has 2 heterocycles. The van der Waals surface area contributed by atoms with Gasteiger partial charge in [0.25, 0.3) is 0 Å². The van der Waals surface area contributed by atoms with E-state index in [4.69, 9.17) is 5.26 Å². The summed E-state index contributed by atoms with van der Waals surface area (Å²) >= 11 is 1.72. The molecular formula is C11H15N3S.